The van der Waals surface area contributed by atoms with E-state index in [1.807, 2.05) is 26.1 Å². The summed E-state index contributed by atoms with van der Waals surface area (Å²) in [5.41, 5.74) is 1.42. The van der Waals surface area contributed by atoms with Crippen LogP contribution in [0.3, 0.4) is 0 Å². The number of furan rings is 1. The Morgan fingerprint density at radius 1 is 1.34 bits per heavy atom. The van der Waals surface area contributed by atoms with Crippen molar-refractivity contribution in [2.75, 3.05) is 19.6 Å². The number of hydrogen-bond donors (Lipinski definition) is 2. The number of carbonyl (C=O) groups is 2. The van der Waals surface area contributed by atoms with Gasteiger partial charge in [0, 0.05) is 19.3 Å². The Kier molecular flexibility index (Phi) is 7.43. The van der Waals surface area contributed by atoms with Gasteiger partial charge in [-0.1, -0.05) is 0 Å². The summed E-state index contributed by atoms with van der Waals surface area (Å²) < 4.78 is 39.0. The topological polar surface area (TPSA) is 101 Å². The zero-order valence-electron chi connectivity index (χ0n) is 16.1. The van der Waals surface area contributed by atoms with E-state index < -0.39 is 12.1 Å². The minimum atomic E-state index is -5.08. The number of nitrogens with one attached hydrogen (secondary N) is 1. The lowest BCUT2D eigenvalue weighted by molar-refractivity contribution is -0.192. The predicted molar refractivity (Wildman–Crippen MR) is 96.2 cm³/mol. The number of likely N-dealkylation sites (tertiary alicyclic amines) is 1. The summed E-state index contributed by atoms with van der Waals surface area (Å²) in [4.78, 5) is 23.5. The molecule has 11 heteroatoms. The molecule has 0 aliphatic carbocycles. The van der Waals surface area contributed by atoms with Crippen LogP contribution in [-0.2, 0) is 11.8 Å². The molecule has 0 bridgehead atoms. The Hall–Kier alpha value is -2.82. The van der Waals surface area contributed by atoms with Crippen LogP contribution in [0.2, 0.25) is 0 Å². The van der Waals surface area contributed by atoms with Crippen molar-refractivity contribution in [3.05, 3.63) is 41.6 Å². The van der Waals surface area contributed by atoms with Crippen molar-refractivity contribution >= 4 is 11.9 Å². The monoisotopic (exact) mass is 416 g/mol. The third-order valence-electron chi connectivity index (χ3n) is 4.50. The average molecular weight is 416 g/mol. The van der Waals surface area contributed by atoms with Crippen LogP contribution in [-0.4, -0.2) is 57.5 Å². The normalized spacial score (nSPS) is 15.5. The third-order valence-corrected chi connectivity index (χ3v) is 4.50. The van der Waals surface area contributed by atoms with Crippen molar-refractivity contribution in [2.45, 2.75) is 32.0 Å². The molecule has 1 saturated heterocycles. The van der Waals surface area contributed by atoms with Gasteiger partial charge >= 0.3 is 12.1 Å². The van der Waals surface area contributed by atoms with E-state index in [1.54, 1.807) is 17.0 Å². The molecule has 1 unspecified atom stereocenters. The second kappa shape index (κ2) is 9.59. The van der Waals surface area contributed by atoms with Crippen LogP contribution in [0.1, 0.15) is 40.8 Å². The molecule has 2 N–H and O–H groups in total. The van der Waals surface area contributed by atoms with Crippen molar-refractivity contribution in [1.29, 1.82) is 0 Å². The number of aliphatic carboxylic acids is 1. The maximum atomic E-state index is 12.3. The molecule has 29 heavy (non-hydrogen) atoms. The predicted octanol–water partition coefficient (Wildman–Crippen LogP) is 2.52. The highest BCUT2D eigenvalue weighted by Gasteiger charge is 2.38. The lowest BCUT2D eigenvalue weighted by Crippen LogP contribution is -2.36. The largest absolute Gasteiger partial charge is 0.490 e. The zero-order chi connectivity index (χ0) is 21.6. The smallest absolute Gasteiger partial charge is 0.475 e. The van der Waals surface area contributed by atoms with Crippen LogP contribution in [0.15, 0.2) is 28.9 Å². The standard InChI is InChI=1S/C16H22N4O2.C2HF3O2/c1-12-10-13(18-19(12)2)16(21)17-11-14(15-6-5-9-22-15)20-7-3-4-8-20;3-2(4,5)1(6)7/h5-6,9-10,14H,3-4,7-8,11H2,1-2H3,(H,17,21);(H,6,7). The number of amides is 1. The molecule has 1 aliphatic heterocycles. The van der Waals surface area contributed by atoms with Gasteiger partial charge in [-0.05, 0) is 51.1 Å². The number of alkyl halides is 3. The molecule has 2 aromatic heterocycles. The minimum absolute atomic E-state index is 0.0891. The number of halogens is 3. The highest BCUT2D eigenvalue weighted by molar-refractivity contribution is 5.92. The Labute approximate surface area is 165 Å². The molecule has 0 aromatic carbocycles. The number of rotatable bonds is 5. The molecule has 1 fully saturated rings. The molecule has 1 aliphatic rings. The Balaban J connectivity index is 0.000000370. The van der Waals surface area contributed by atoms with Gasteiger partial charge in [0.15, 0.2) is 0 Å². The van der Waals surface area contributed by atoms with Crippen LogP contribution < -0.4 is 5.32 Å². The first-order valence-electron chi connectivity index (χ1n) is 8.96. The summed E-state index contributed by atoms with van der Waals surface area (Å²) >= 11 is 0. The van der Waals surface area contributed by atoms with Crippen LogP contribution >= 0.6 is 0 Å². The molecule has 2 aromatic rings. The van der Waals surface area contributed by atoms with Crippen molar-refractivity contribution in [2.24, 2.45) is 7.05 Å². The van der Waals surface area contributed by atoms with Crippen LogP contribution in [0, 0.1) is 6.92 Å². The highest BCUT2D eigenvalue weighted by atomic mass is 19.4. The highest BCUT2D eigenvalue weighted by Crippen LogP contribution is 2.25. The minimum Gasteiger partial charge on any atom is -0.475 e. The quantitative estimate of drug-likeness (QED) is 0.777. The maximum Gasteiger partial charge on any atom is 0.490 e. The summed E-state index contributed by atoms with van der Waals surface area (Å²) in [6.45, 7) is 4.55. The van der Waals surface area contributed by atoms with E-state index in [-0.39, 0.29) is 11.9 Å². The van der Waals surface area contributed by atoms with E-state index in [0.717, 1.165) is 24.5 Å². The number of aryl methyl sites for hydroxylation is 2. The average Bonchev–Trinajstić information content (AvgIpc) is 3.39. The third kappa shape index (κ3) is 6.34. The van der Waals surface area contributed by atoms with E-state index in [9.17, 15) is 18.0 Å². The number of aromatic nitrogens is 2. The van der Waals surface area contributed by atoms with Crippen molar-refractivity contribution < 1.29 is 32.3 Å². The lowest BCUT2D eigenvalue weighted by atomic mass is 10.2. The van der Waals surface area contributed by atoms with Crippen LogP contribution in [0.25, 0.3) is 0 Å². The lowest BCUT2D eigenvalue weighted by Gasteiger charge is -2.25. The molecule has 3 rings (SSSR count). The van der Waals surface area contributed by atoms with Gasteiger partial charge in [0.2, 0.25) is 0 Å². The first-order valence-corrected chi connectivity index (χ1v) is 8.96. The van der Waals surface area contributed by atoms with E-state index >= 15 is 0 Å². The van der Waals surface area contributed by atoms with Crippen LogP contribution in [0.5, 0.6) is 0 Å². The van der Waals surface area contributed by atoms with E-state index in [4.69, 9.17) is 14.3 Å². The number of carboxylic acids is 1. The molecule has 8 nitrogen and oxygen atoms in total. The van der Waals surface area contributed by atoms with Gasteiger partial charge in [-0.25, -0.2) is 4.79 Å². The van der Waals surface area contributed by atoms with Gasteiger partial charge in [-0.2, -0.15) is 18.3 Å². The fourth-order valence-electron chi connectivity index (χ4n) is 2.90. The van der Waals surface area contributed by atoms with E-state index in [1.165, 1.54) is 12.8 Å². The molecular formula is C18H23F3N4O4. The van der Waals surface area contributed by atoms with E-state index in [2.05, 4.69) is 15.3 Å². The first-order chi connectivity index (χ1) is 13.6. The van der Waals surface area contributed by atoms with Gasteiger partial charge < -0.3 is 14.8 Å². The Morgan fingerprint density at radius 3 is 2.41 bits per heavy atom. The molecule has 0 spiro atoms. The molecule has 0 saturated carbocycles. The Bertz CT molecular complexity index is 792. The molecule has 0 radical (unpaired) electrons. The summed E-state index contributed by atoms with van der Waals surface area (Å²) in [7, 11) is 1.84. The number of hydrogen-bond acceptors (Lipinski definition) is 5. The van der Waals surface area contributed by atoms with Crippen LogP contribution in [0.4, 0.5) is 13.2 Å². The summed E-state index contributed by atoms with van der Waals surface area (Å²) in [6.07, 6.45) is -1.00. The van der Waals surface area contributed by atoms with Gasteiger partial charge in [-0.15, -0.1) is 0 Å². The van der Waals surface area contributed by atoms with Gasteiger partial charge in [0.25, 0.3) is 5.91 Å². The van der Waals surface area contributed by atoms with Crippen molar-refractivity contribution in [1.82, 2.24) is 20.0 Å². The SMILES string of the molecule is Cc1cc(C(=O)NCC(c2ccco2)N2CCCC2)nn1C.O=C(O)C(F)(F)F. The van der Waals surface area contributed by atoms with Crippen molar-refractivity contribution in [3.8, 4) is 0 Å². The molecular weight excluding hydrogens is 393 g/mol. The van der Waals surface area contributed by atoms with Gasteiger partial charge in [0.1, 0.15) is 11.5 Å². The fraction of sp³-hybridized carbons (Fsp3) is 0.500. The number of carbonyl (C=O) groups excluding carboxylic acids is 1. The van der Waals surface area contributed by atoms with Gasteiger partial charge in [-0.3, -0.25) is 14.4 Å². The summed E-state index contributed by atoms with van der Waals surface area (Å²) in [6, 6.07) is 5.75. The molecule has 160 valence electrons. The van der Waals surface area contributed by atoms with Gasteiger partial charge in [0.05, 0.1) is 12.3 Å². The maximum absolute atomic E-state index is 12.3. The zero-order valence-corrected chi connectivity index (χ0v) is 16.1. The number of nitrogens with zero attached hydrogens (tertiary/aromatic N) is 3. The molecule has 1 amide bonds. The Morgan fingerprint density at radius 2 is 1.97 bits per heavy atom. The molecule has 3 heterocycles. The first kappa shape index (κ1) is 22.5. The molecule has 1 atom stereocenters. The second-order valence-corrected chi connectivity index (χ2v) is 6.58. The fourth-order valence-corrected chi connectivity index (χ4v) is 2.90. The summed E-state index contributed by atoms with van der Waals surface area (Å²) in [5, 5.41) is 14.3. The number of carboxylic acid groups (broad SMARTS) is 1. The van der Waals surface area contributed by atoms with E-state index in [0.29, 0.717) is 12.2 Å². The second-order valence-electron chi connectivity index (χ2n) is 6.58. The van der Waals surface area contributed by atoms with Crippen molar-refractivity contribution in [3.63, 3.8) is 0 Å². The summed E-state index contributed by atoms with van der Waals surface area (Å²) in [5.74, 6) is -1.99.